The van der Waals surface area contributed by atoms with Crippen LogP contribution in [0, 0.1) is 0 Å². The molecule has 2 aromatic rings. The molecule has 0 fully saturated rings. The van der Waals surface area contributed by atoms with Gasteiger partial charge in [-0.1, -0.05) is 11.6 Å². The Bertz CT molecular complexity index is 993. The highest BCUT2D eigenvalue weighted by Gasteiger charge is 2.33. The van der Waals surface area contributed by atoms with Crippen molar-refractivity contribution in [2.24, 2.45) is 0 Å². The van der Waals surface area contributed by atoms with E-state index in [0.717, 1.165) is 18.2 Å². The third-order valence-corrected chi connectivity index (χ3v) is 5.13. The number of ether oxygens (including phenoxy) is 1. The van der Waals surface area contributed by atoms with Gasteiger partial charge in [0.2, 0.25) is 0 Å². The lowest BCUT2D eigenvalue weighted by Crippen LogP contribution is -2.25. The molecule has 0 radical (unpaired) electrons. The maximum absolute atomic E-state index is 12.9. The summed E-state index contributed by atoms with van der Waals surface area (Å²) in [5, 5.41) is 1.90. The summed E-state index contributed by atoms with van der Waals surface area (Å²) in [6, 6.07) is 6.35. The second-order valence-corrected chi connectivity index (χ2v) is 7.38. The second-order valence-electron chi connectivity index (χ2n) is 5.29. The van der Waals surface area contributed by atoms with E-state index in [0.29, 0.717) is 6.07 Å². The molecule has 11 heteroatoms. The number of amides is 1. The van der Waals surface area contributed by atoms with E-state index < -0.39 is 32.7 Å². The quantitative estimate of drug-likeness (QED) is 0.817. The first-order valence-corrected chi connectivity index (χ1v) is 8.89. The molecule has 26 heavy (non-hydrogen) atoms. The van der Waals surface area contributed by atoms with Gasteiger partial charge in [0.1, 0.15) is 5.75 Å². The van der Waals surface area contributed by atoms with E-state index in [1.54, 1.807) is 0 Å². The lowest BCUT2D eigenvalue weighted by molar-refractivity contribution is -0.137. The van der Waals surface area contributed by atoms with Crippen molar-refractivity contribution < 1.29 is 31.1 Å². The zero-order valence-corrected chi connectivity index (χ0v) is 14.3. The van der Waals surface area contributed by atoms with Gasteiger partial charge in [0.15, 0.2) is 6.61 Å². The van der Waals surface area contributed by atoms with Gasteiger partial charge >= 0.3 is 6.18 Å². The first kappa shape index (κ1) is 18.3. The molecule has 1 aliphatic heterocycles. The molecule has 0 saturated heterocycles. The average Bonchev–Trinajstić information content (AvgIpc) is 2.54. The standard InChI is InChI=1S/C15H10ClF3N2O4S/c16-11-3-1-8(5-10(11)15(17,18)19)21-26(23,24)9-2-4-13-12(6-9)20-14(22)7-25-13/h1-6,21H,7H2,(H,20,22). The highest BCUT2D eigenvalue weighted by atomic mass is 35.5. The number of rotatable bonds is 3. The van der Waals surface area contributed by atoms with E-state index >= 15 is 0 Å². The van der Waals surface area contributed by atoms with E-state index in [9.17, 15) is 26.4 Å². The Hall–Kier alpha value is -2.46. The van der Waals surface area contributed by atoms with Gasteiger partial charge in [0.05, 0.1) is 21.2 Å². The normalized spacial score (nSPS) is 14.2. The van der Waals surface area contributed by atoms with Gasteiger partial charge in [0, 0.05) is 5.69 Å². The number of carbonyl (C=O) groups excluding carboxylic acids is 1. The first-order valence-electron chi connectivity index (χ1n) is 7.02. The molecule has 2 aromatic carbocycles. The lowest BCUT2D eigenvalue weighted by atomic mass is 10.2. The van der Waals surface area contributed by atoms with Crippen LogP contribution in [-0.2, 0) is 21.0 Å². The number of anilines is 2. The first-order chi connectivity index (χ1) is 12.1. The van der Waals surface area contributed by atoms with Crippen LogP contribution in [-0.4, -0.2) is 20.9 Å². The fraction of sp³-hybridized carbons (Fsp3) is 0.133. The third-order valence-electron chi connectivity index (χ3n) is 3.42. The largest absolute Gasteiger partial charge is 0.482 e. The zero-order chi connectivity index (χ0) is 19.1. The number of fused-ring (bicyclic) bond motifs is 1. The number of carbonyl (C=O) groups is 1. The Morgan fingerprint density at radius 3 is 2.58 bits per heavy atom. The van der Waals surface area contributed by atoms with E-state index in [2.05, 4.69) is 10.0 Å². The number of sulfonamides is 1. The van der Waals surface area contributed by atoms with E-state index in [4.69, 9.17) is 16.3 Å². The molecule has 0 saturated carbocycles. The predicted molar refractivity (Wildman–Crippen MR) is 87.8 cm³/mol. The molecule has 6 nitrogen and oxygen atoms in total. The molecule has 0 aromatic heterocycles. The Morgan fingerprint density at radius 1 is 1.15 bits per heavy atom. The molecule has 0 spiro atoms. The van der Waals surface area contributed by atoms with Gasteiger partial charge < -0.3 is 10.1 Å². The van der Waals surface area contributed by atoms with Crippen LogP contribution in [0.15, 0.2) is 41.3 Å². The number of halogens is 4. The number of benzene rings is 2. The molecule has 138 valence electrons. The van der Waals surface area contributed by atoms with Gasteiger partial charge in [-0.05, 0) is 36.4 Å². The Morgan fingerprint density at radius 2 is 1.88 bits per heavy atom. The summed E-state index contributed by atoms with van der Waals surface area (Å²) in [6.07, 6.45) is -4.73. The topological polar surface area (TPSA) is 84.5 Å². The number of alkyl halides is 3. The summed E-state index contributed by atoms with van der Waals surface area (Å²) in [4.78, 5) is 11.1. The maximum Gasteiger partial charge on any atom is 0.417 e. The summed E-state index contributed by atoms with van der Waals surface area (Å²) < 4.78 is 70.7. The lowest BCUT2D eigenvalue weighted by Gasteiger charge is -2.19. The molecule has 0 bridgehead atoms. The van der Waals surface area contributed by atoms with Gasteiger partial charge in [-0.2, -0.15) is 13.2 Å². The highest BCUT2D eigenvalue weighted by molar-refractivity contribution is 7.92. The van der Waals surface area contributed by atoms with Crippen LogP contribution in [0.3, 0.4) is 0 Å². The van der Waals surface area contributed by atoms with Crippen molar-refractivity contribution in [2.45, 2.75) is 11.1 Å². The second kappa shape index (κ2) is 6.36. The van der Waals surface area contributed by atoms with Gasteiger partial charge in [0.25, 0.3) is 15.9 Å². The van der Waals surface area contributed by atoms with E-state index in [1.165, 1.54) is 12.1 Å². The fourth-order valence-electron chi connectivity index (χ4n) is 2.25. The fourth-order valence-corrected chi connectivity index (χ4v) is 3.55. The molecule has 0 aliphatic carbocycles. The van der Waals surface area contributed by atoms with Gasteiger partial charge in [-0.25, -0.2) is 8.42 Å². The van der Waals surface area contributed by atoms with Crippen LogP contribution in [0.2, 0.25) is 5.02 Å². The van der Waals surface area contributed by atoms with Crippen molar-refractivity contribution in [3.63, 3.8) is 0 Å². The van der Waals surface area contributed by atoms with Crippen molar-refractivity contribution >= 4 is 38.9 Å². The molecule has 2 N–H and O–H groups in total. The minimum atomic E-state index is -4.73. The number of nitrogens with one attached hydrogen (secondary N) is 2. The summed E-state index contributed by atoms with van der Waals surface area (Å²) >= 11 is 5.51. The molecule has 1 aliphatic rings. The molecular weight excluding hydrogens is 397 g/mol. The maximum atomic E-state index is 12.9. The minimum absolute atomic E-state index is 0.149. The van der Waals surface area contributed by atoms with Crippen molar-refractivity contribution in [3.8, 4) is 5.75 Å². The molecule has 0 unspecified atom stereocenters. The van der Waals surface area contributed by atoms with Crippen molar-refractivity contribution in [2.75, 3.05) is 16.6 Å². The molecule has 0 atom stereocenters. The zero-order valence-electron chi connectivity index (χ0n) is 12.7. The van der Waals surface area contributed by atoms with Gasteiger partial charge in [-0.15, -0.1) is 0 Å². The van der Waals surface area contributed by atoms with Crippen molar-refractivity contribution in [3.05, 3.63) is 47.0 Å². The van der Waals surface area contributed by atoms with Crippen molar-refractivity contribution in [1.29, 1.82) is 0 Å². The average molecular weight is 407 g/mol. The minimum Gasteiger partial charge on any atom is -0.482 e. The van der Waals surface area contributed by atoms with Crippen LogP contribution in [0.5, 0.6) is 5.75 Å². The van der Waals surface area contributed by atoms with E-state index in [1.807, 2.05) is 0 Å². The van der Waals surface area contributed by atoms with Crippen LogP contribution in [0.4, 0.5) is 24.5 Å². The SMILES string of the molecule is O=C1COc2ccc(S(=O)(=O)Nc3ccc(Cl)c(C(F)(F)F)c3)cc2N1. The van der Waals surface area contributed by atoms with Crippen LogP contribution in [0.1, 0.15) is 5.56 Å². The predicted octanol–water partition coefficient (Wildman–Crippen LogP) is 3.49. The molecule has 3 rings (SSSR count). The highest BCUT2D eigenvalue weighted by Crippen LogP contribution is 2.37. The molecular formula is C15H10ClF3N2O4S. The summed E-state index contributed by atoms with van der Waals surface area (Å²) in [6.45, 7) is -0.192. The number of hydrogen-bond donors (Lipinski definition) is 2. The monoisotopic (exact) mass is 406 g/mol. The Balaban J connectivity index is 1.93. The number of hydrogen-bond acceptors (Lipinski definition) is 4. The van der Waals surface area contributed by atoms with Crippen LogP contribution in [0.25, 0.3) is 0 Å². The molecule has 1 heterocycles. The summed E-state index contributed by atoms with van der Waals surface area (Å²) in [5.74, 6) is -0.165. The van der Waals surface area contributed by atoms with Crippen LogP contribution >= 0.6 is 11.6 Å². The summed E-state index contributed by atoms with van der Waals surface area (Å²) in [7, 11) is -4.21. The Kier molecular flexibility index (Phi) is 4.49. The van der Waals surface area contributed by atoms with E-state index in [-0.39, 0.29) is 28.6 Å². The van der Waals surface area contributed by atoms with Crippen molar-refractivity contribution in [1.82, 2.24) is 0 Å². The third kappa shape index (κ3) is 3.70. The Labute approximate surface area is 151 Å². The summed E-state index contributed by atoms with van der Waals surface area (Å²) in [5.41, 5.74) is -1.32. The smallest absolute Gasteiger partial charge is 0.417 e. The van der Waals surface area contributed by atoms with Crippen LogP contribution < -0.4 is 14.8 Å². The van der Waals surface area contributed by atoms with Gasteiger partial charge in [-0.3, -0.25) is 9.52 Å². The molecule has 1 amide bonds.